The summed E-state index contributed by atoms with van der Waals surface area (Å²) in [5.41, 5.74) is 1.26. The molecule has 3 aliphatic rings. The monoisotopic (exact) mass is 722 g/mol. The normalized spacial score (nSPS) is 19.3. The molecular formula is C37H34BrF3N2O5. The van der Waals surface area contributed by atoms with E-state index in [2.05, 4.69) is 20.8 Å². The Kier molecular flexibility index (Phi) is 8.42. The van der Waals surface area contributed by atoms with Crippen LogP contribution in [-0.2, 0) is 22.3 Å². The highest BCUT2D eigenvalue weighted by Gasteiger charge is 2.49. The quantitative estimate of drug-likeness (QED) is 0.186. The van der Waals surface area contributed by atoms with Crippen LogP contribution in [0.2, 0.25) is 0 Å². The van der Waals surface area contributed by atoms with E-state index in [0.29, 0.717) is 46.6 Å². The van der Waals surface area contributed by atoms with Gasteiger partial charge in [-0.3, -0.25) is 19.7 Å². The maximum absolute atomic E-state index is 14.3. The van der Waals surface area contributed by atoms with E-state index in [-0.39, 0.29) is 41.0 Å². The first kappa shape index (κ1) is 33.6. The third kappa shape index (κ3) is 6.44. The molecule has 1 heterocycles. The van der Waals surface area contributed by atoms with Crippen molar-refractivity contribution in [3.8, 4) is 11.5 Å². The zero-order valence-corrected chi connectivity index (χ0v) is 28.5. The van der Waals surface area contributed by atoms with E-state index in [4.69, 9.17) is 4.74 Å². The molecule has 11 heteroatoms. The number of halogens is 4. The van der Waals surface area contributed by atoms with Crippen molar-refractivity contribution in [3.05, 3.63) is 121 Å². The van der Waals surface area contributed by atoms with Gasteiger partial charge in [0.2, 0.25) is 5.75 Å². The summed E-state index contributed by atoms with van der Waals surface area (Å²) >= 11 is 3.51. The molecule has 0 amide bonds. The van der Waals surface area contributed by atoms with Crippen LogP contribution in [0.3, 0.4) is 0 Å². The molecule has 48 heavy (non-hydrogen) atoms. The fourth-order valence-corrected chi connectivity index (χ4v) is 7.57. The number of nitro benzene ring substituents is 1. The molecule has 0 N–H and O–H groups in total. The summed E-state index contributed by atoms with van der Waals surface area (Å²) in [5, 5.41) is 11.9. The molecule has 0 atom stereocenters. The Morgan fingerprint density at radius 3 is 1.96 bits per heavy atom. The topological polar surface area (TPSA) is 89.8 Å². The number of rotatable bonds is 6. The van der Waals surface area contributed by atoms with E-state index >= 15 is 0 Å². The Balaban J connectivity index is 1.58. The van der Waals surface area contributed by atoms with Crippen molar-refractivity contribution in [1.82, 2.24) is 4.90 Å². The molecule has 3 aromatic rings. The SMILES string of the molecule is CC1(C)CC(=O)C2=C(C1)N(Cc1ccccc1)C1=C(C(=O)CC(C)(C)C1)C2c1cc(Br)ccc1Oc1ccc(C(F)(F)F)cc1[N+](=O)[O-]. The van der Waals surface area contributed by atoms with Crippen molar-refractivity contribution in [2.45, 2.75) is 72.0 Å². The molecule has 0 spiro atoms. The van der Waals surface area contributed by atoms with Crippen LogP contribution >= 0.6 is 15.9 Å². The molecule has 0 aromatic heterocycles. The van der Waals surface area contributed by atoms with Gasteiger partial charge in [0.05, 0.1) is 10.5 Å². The van der Waals surface area contributed by atoms with Gasteiger partial charge in [-0.15, -0.1) is 0 Å². The summed E-state index contributed by atoms with van der Waals surface area (Å²) in [6.07, 6.45) is -3.17. The number of carbonyl (C=O) groups excluding carboxylic acids is 2. The Morgan fingerprint density at radius 2 is 1.42 bits per heavy atom. The van der Waals surface area contributed by atoms with E-state index in [1.807, 2.05) is 58.0 Å². The van der Waals surface area contributed by atoms with Gasteiger partial charge in [-0.05, 0) is 59.6 Å². The number of ketones is 2. The average Bonchev–Trinajstić information content (AvgIpc) is 2.97. The summed E-state index contributed by atoms with van der Waals surface area (Å²) in [5.74, 6) is -1.37. The number of allylic oxidation sites excluding steroid dienone is 4. The maximum atomic E-state index is 14.3. The lowest BCUT2D eigenvalue weighted by molar-refractivity contribution is -0.385. The molecule has 0 saturated carbocycles. The third-order valence-corrected chi connectivity index (χ3v) is 9.68. The largest absolute Gasteiger partial charge is 0.450 e. The number of nitro groups is 1. The van der Waals surface area contributed by atoms with Crippen LogP contribution in [0, 0.1) is 20.9 Å². The first-order valence-electron chi connectivity index (χ1n) is 15.6. The second-order valence-corrected chi connectivity index (χ2v) is 15.2. The molecule has 7 nitrogen and oxygen atoms in total. The summed E-state index contributed by atoms with van der Waals surface area (Å²) in [4.78, 5) is 41.8. The van der Waals surface area contributed by atoms with Crippen LogP contribution < -0.4 is 4.74 Å². The zero-order chi connectivity index (χ0) is 34.8. The van der Waals surface area contributed by atoms with E-state index in [1.54, 1.807) is 18.2 Å². The minimum absolute atomic E-state index is 0.0940. The standard InChI is InChI=1S/C37H34BrF3N2O5/c1-35(2)16-26-33(28(44)18-35)32(34-27(17-36(3,4)19-29(34)45)42(26)20-21-8-6-5-7-9-21)24-15-23(38)11-13-30(24)48-31-12-10-22(37(39,40)41)14-25(31)43(46)47/h5-15,32H,16-20H2,1-4H3. The highest BCUT2D eigenvalue weighted by Crippen LogP contribution is 2.56. The maximum Gasteiger partial charge on any atom is 0.416 e. The molecule has 0 unspecified atom stereocenters. The van der Waals surface area contributed by atoms with Crippen molar-refractivity contribution in [2.75, 3.05) is 0 Å². The molecule has 0 bridgehead atoms. The van der Waals surface area contributed by atoms with Crippen molar-refractivity contribution in [1.29, 1.82) is 0 Å². The molecule has 3 aromatic carbocycles. The van der Waals surface area contributed by atoms with Crippen LogP contribution in [0.4, 0.5) is 18.9 Å². The van der Waals surface area contributed by atoms with Crippen LogP contribution in [-0.4, -0.2) is 21.4 Å². The van der Waals surface area contributed by atoms with E-state index in [9.17, 15) is 32.9 Å². The van der Waals surface area contributed by atoms with Crippen molar-refractivity contribution in [2.24, 2.45) is 10.8 Å². The van der Waals surface area contributed by atoms with Gasteiger partial charge in [0.25, 0.3) is 0 Å². The average molecular weight is 724 g/mol. The van der Waals surface area contributed by atoms with Crippen LogP contribution in [0.15, 0.2) is 93.7 Å². The smallest absolute Gasteiger partial charge is 0.416 e. The number of hydrogen-bond donors (Lipinski definition) is 0. The third-order valence-electron chi connectivity index (χ3n) is 9.19. The Hall–Kier alpha value is -4.25. The Bertz CT molecular complexity index is 1860. The van der Waals surface area contributed by atoms with Gasteiger partial charge in [-0.2, -0.15) is 13.2 Å². The number of Topliss-reactive ketones (excluding diaryl/α,β-unsaturated/α-hetero) is 2. The van der Waals surface area contributed by atoms with Gasteiger partial charge in [0, 0.05) is 63.9 Å². The van der Waals surface area contributed by atoms with Gasteiger partial charge in [-0.1, -0.05) is 74.0 Å². The van der Waals surface area contributed by atoms with E-state index in [0.717, 1.165) is 29.1 Å². The van der Waals surface area contributed by atoms with Gasteiger partial charge in [0.15, 0.2) is 11.6 Å². The summed E-state index contributed by atoms with van der Waals surface area (Å²) < 4.78 is 47.1. The lowest BCUT2D eigenvalue weighted by Gasteiger charge is -2.49. The number of nitrogens with zero attached hydrogens (tertiary/aromatic N) is 2. The number of alkyl halides is 3. The lowest BCUT2D eigenvalue weighted by atomic mass is 9.63. The molecule has 1 aliphatic heterocycles. The molecule has 2 aliphatic carbocycles. The highest BCUT2D eigenvalue weighted by molar-refractivity contribution is 9.10. The van der Waals surface area contributed by atoms with E-state index < -0.39 is 34.0 Å². The summed E-state index contributed by atoms with van der Waals surface area (Å²) in [7, 11) is 0. The van der Waals surface area contributed by atoms with Crippen LogP contribution in [0.1, 0.15) is 76.0 Å². The predicted octanol–water partition coefficient (Wildman–Crippen LogP) is 10.1. The Labute approximate surface area is 284 Å². The van der Waals surface area contributed by atoms with Crippen molar-refractivity contribution >= 4 is 33.2 Å². The second-order valence-electron chi connectivity index (χ2n) is 14.3. The number of hydrogen-bond acceptors (Lipinski definition) is 6. The first-order chi connectivity index (χ1) is 22.4. The predicted molar refractivity (Wildman–Crippen MR) is 177 cm³/mol. The molecule has 0 fully saturated rings. The summed E-state index contributed by atoms with van der Waals surface area (Å²) in [6.45, 7) is 8.63. The minimum atomic E-state index is -4.80. The van der Waals surface area contributed by atoms with Crippen LogP contribution in [0.5, 0.6) is 11.5 Å². The second kappa shape index (κ2) is 12.0. The van der Waals surface area contributed by atoms with Crippen LogP contribution in [0.25, 0.3) is 0 Å². The lowest BCUT2D eigenvalue weighted by Crippen LogP contribution is -2.44. The molecule has 0 radical (unpaired) electrons. The van der Waals surface area contributed by atoms with E-state index in [1.165, 1.54) is 0 Å². The molecule has 250 valence electrons. The molecule has 0 saturated heterocycles. The van der Waals surface area contributed by atoms with Gasteiger partial charge in [0.1, 0.15) is 5.75 Å². The van der Waals surface area contributed by atoms with Gasteiger partial charge in [-0.25, -0.2) is 0 Å². The Morgan fingerprint density at radius 1 is 0.854 bits per heavy atom. The zero-order valence-electron chi connectivity index (χ0n) is 26.9. The molecule has 6 rings (SSSR count). The fourth-order valence-electron chi connectivity index (χ4n) is 7.19. The first-order valence-corrected chi connectivity index (χ1v) is 16.4. The van der Waals surface area contributed by atoms with Crippen molar-refractivity contribution in [3.63, 3.8) is 0 Å². The van der Waals surface area contributed by atoms with Gasteiger partial charge >= 0.3 is 11.9 Å². The number of ether oxygens (including phenoxy) is 1. The number of benzene rings is 3. The minimum Gasteiger partial charge on any atom is -0.450 e. The number of carbonyl (C=O) groups is 2. The molecular weight excluding hydrogens is 689 g/mol. The fraction of sp³-hybridized carbons (Fsp3) is 0.351. The highest BCUT2D eigenvalue weighted by atomic mass is 79.9. The summed E-state index contributed by atoms with van der Waals surface area (Å²) in [6, 6.07) is 16.8. The van der Waals surface area contributed by atoms with Crippen molar-refractivity contribution < 1.29 is 32.4 Å². The van der Waals surface area contributed by atoms with Gasteiger partial charge < -0.3 is 9.64 Å².